The van der Waals surface area contributed by atoms with Crippen LogP contribution in [0.15, 0.2) is 9.52 Å². The maximum absolute atomic E-state index is 5.20. The van der Waals surface area contributed by atoms with Gasteiger partial charge in [0.05, 0.1) is 0 Å². The third kappa shape index (κ3) is 6.27. The molecule has 0 fully saturated rings. The molecule has 20 heavy (non-hydrogen) atoms. The summed E-state index contributed by atoms with van der Waals surface area (Å²) < 4.78 is 5.20. The molecule has 0 amide bonds. The van der Waals surface area contributed by atoms with Crippen LogP contribution in [-0.2, 0) is 6.42 Å². The number of guanidine groups is 1. The zero-order chi connectivity index (χ0) is 14.8. The van der Waals surface area contributed by atoms with Gasteiger partial charge in [-0.3, -0.25) is 4.99 Å². The van der Waals surface area contributed by atoms with Gasteiger partial charge in [0.1, 0.15) is 0 Å². The summed E-state index contributed by atoms with van der Waals surface area (Å²) in [6.07, 6.45) is 3.81. The van der Waals surface area contributed by atoms with Crippen molar-refractivity contribution in [1.82, 2.24) is 20.8 Å². The summed E-state index contributed by atoms with van der Waals surface area (Å²) in [5.74, 6) is 3.71. The summed E-state index contributed by atoms with van der Waals surface area (Å²) in [6.45, 7) is 5.86. The number of nitrogens with one attached hydrogen (secondary N) is 2. The number of rotatable bonds is 8. The van der Waals surface area contributed by atoms with Gasteiger partial charge in [0.15, 0.2) is 11.8 Å². The van der Waals surface area contributed by atoms with Crippen LogP contribution in [0.1, 0.15) is 37.9 Å². The molecule has 1 heterocycles. The van der Waals surface area contributed by atoms with E-state index in [1.807, 2.05) is 11.8 Å². The molecule has 1 aromatic heterocycles. The van der Waals surface area contributed by atoms with Gasteiger partial charge in [0.2, 0.25) is 5.89 Å². The zero-order valence-electron chi connectivity index (χ0n) is 12.8. The first kappa shape index (κ1) is 16.8. The van der Waals surface area contributed by atoms with E-state index in [2.05, 4.69) is 45.9 Å². The minimum Gasteiger partial charge on any atom is -0.356 e. The molecule has 0 aliphatic carbocycles. The minimum absolute atomic E-state index is 0.310. The fraction of sp³-hybridized carbons (Fsp3) is 0.769. The Balaban J connectivity index is 2.19. The number of hydrogen-bond donors (Lipinski definition) is 2. The highest BCUT2D eigenvalue weighted by Gasteiger charge is 2.09. The van der Waals surface area contributed by atoms with Crippen LogP contribution in [0.5, 0.6) is 0 Å². The summed E-state index contributed by atoms with van der Waals surface area (Å²) in [4.78, 5) is 8.52. The first-order chi connectivity index (χ1) is 9.67. The molecule has 0 unspecified atom stereocenters. The van der Waals surface area contributed by atoms with Gasteiger partial charge in [-0.1, -0.05) is 19.0 Å². The molecule has 6 nitrogen and oxygen atoms in total. The van der Waals surface area contributed by atoms with Crippen molar-refractivity contribution in [3.8, 4) is 0 Å². The highest BCUT2D eigenvalue weighted by Crippen LogP contribution is 2.10. The maximum Gasteiger partial charge on any atom is 0.226 e. The van der Waals surface area contributed by atoms with Crippen molar-refractivity contribution in [3.05, 3.63) is 11.7 Å². The van der Waals surface area contributed by atoms with E-state index in [1.165, 1.54) is 0 Å². The third-order valence-corrected chi connectivity index (χ3v) is 3.29. The van der Waals surface area contributed by atoms with Crippen LogP contribution < -0.4 is 10.6 Å². The molecule has 0 saturated carbocycles. The van der Waals surface area contributed by atoms with Crippen LogP contribution in [0.4, 0.5) is 0 Å². The smallest absolute Gasteiger partial charge is 0.226 e. The lowest BCUT2D eigenvalue weighted by Crippen LogP contribution is -2.38. The van der Waals surface area contributed by atoms with E-state index in [9.17, 15) is 0 Å². The number of aryl methyl sites for hydroxylation is 1. The van der Waals surface area contributed by atoms with Crippen LogP contribution in [-0.4, -0.2) is 48.2 Å². The Morgan fingerprint density at radius 3 is 2.70 bits per heavy atom. The SMILES string of the molecule is CN=C(NCCCc1nc(C(C)C)no1)NCCSC. The molecule has 0 bridgehead atoms. The van der Waals surface area contributed by atoms with Crippen LogP contribution in [0.2, 0.25) is 0 Å². The number of aromatic nitrogens is 2. The van der Waals surface area contributed by atoms with E-state index in [1.54, 1.807) is 7.05 Å². The topological polar surface area (TPSA) is 75.3 Å². The van der Waals surface area contributed by atoms with E-state index in [-0.39, 0.29) is 0 Å². The van der Waals surface area contributed by atoms with Gasteiger partial charge in [-0.25, -0.2) is 0 Å². The second-order valence-electron chi connectivity index (χ2n) is 4.72. The lowest BCUT2D eigenvalue weighted by atomic mass is 10.2. The molecule has 1 aromatic rings. The fourth-order valence-electron chi connectivity index (χ4n) is 1.54. The van der Waals surface area contributed by atoms with E-state index in [0.717, 1.165) is 43.5 Å². The normalized spacial score (nSPS) is 11.9. The number of nitrogens with zero attached hydrogens (tertiary/aromatic N) is 3. The molecule has 1 rings (SSSR count). The number of thioether (sulfide) groups is 1. The summed E-state index contributed by atoms with van der Waals surface area (Å²) >= 11 is 1.81. The van der Waals surface area contributed by atoms with Crippen molar-refractivity contribution in [3.63, 3.8) is 0 Å². The Hall–Kier alpha value is -1.24. The zero-order valence-corrected chi connectivity index (χ0v) is 13.6. The summed E-state index contributed by atoms with van der Waals surface area (Å²) in [5, 5.41) is 10.5. The van der Waals surface area contributed by atoms with E-state index >= 15 is 0 Å². The second kappa shape index (κ2) is 9.63. The fourth-order valence-corrected chi connectivity index (χ4v) is 1.85. The lowest BCUT2D eigenvalue weighted by Gasteiger charge is -2.10. The van der Waals surface area contributed by atoms with E-state index in [0.29, 0.717) is 11.8 Å². The highest BCUT2D eigenvalue weighted by atomic mass is 32.2. The average Bonchev–Trinajstić information content (AvgIpc) is 2.90. The van der Waals surface area contributed by atoms with Gasteiger partial charge in [-0.2, -0.15) is 16.7 Å². The van der Waals surface area contributed by atoms with Crippen molar-refractivity contribution in [2.75, 3.05) is 32.1 Å². The van der Waals surface area contributed by atoms with Crippen molar-refractivity contribution < 1.29 is 4.52 Å². The molecule has 0 radical (unpaired) electrons. The van der Waals surface area contributed by atoms with Gasteiger partial charge in [0.25, 0.3) is 0 Å². The molecule has 7 heteroatoms. The summed E-state index contributed by atoms with van der Waals surface area (Å²) in [6, 6.07) is 0. The van der Waals surface area contributed by atoms with Crippen molar-refractivity contribution in [2.24, 2.45) is 4.99 Å². The third-order valence-electron chi connectivity index (χ3n) is 2.68. The van der Waals surface area contributed by atoms with Crippen LogP contribution in [0.25, 0.3) is 0 Å². The Bertz CT molecular complexity index is 405. The van der Waals surface area contributed by atoms with Crippen LogP contribution in [0.3, 0.4) is 0 Å². The van der Waals surface area contributed by atoms with Crippen molar-refractivity contribution in [2.45, 2.75) is 32.6 Å². The van der Waals surface area contributed by atoms with E-state index in [4.69, 9.17) is 4.52 Å². The quantitative estimate of drug-likeness (QED) is 0.432. The van der Waals surface area contributed by atoms with Gasteiger partial charge in [0, 0.05) is 38.2 Å². The van der Waals surface area contributed by atoms with E-state index < -0.39 is 0 Å². The molecule has 0 spiro atoms. The molecule has 114 valence electrons. The Kier molecular flexibility index (Phi) is 8.10. The predicted octanol–water partition coefficient (Wildman–Crippen LogP) is 1.65. The van der Waals surface area contributed by atoms with Gasteiger partial charge in [-0.05, 0) is 12.7 Å². The standard InChI is InChI=1S/C13H25N5OS/c1-10(2)12-17-11(19-18-12)6-5-7-15-13(14-3)16-8-9-20-4/h10H,5-9H2,1-4H3,(H2,14,15,16). The first-order valence-electron chi connectivity index (χ1n) is 6.93. The van der Waals surface area contributed by atoms with Crippen LogP contribution in [0, 0.1) is 0 Å². The summed E-state index contributed by atoms with van der Waals surface area (Å²) in [5.41, 5.74) is 0. The first-order valence-corrected chi connectivity index (χ1v) is 8.32. The monoisotopic (exact) mass is 299 g/mol. The largest absolute Gasteiger partial charge is 0.356 e. The van der Waals surface area contributed by atoms with Crippen LogP contribution >= 0.6 is 11.8 Å². The average molecular weight is 299 g/mol. The molecular weight excluding hydrogens is 274 g/mol. The van der Waals surface area contributed by atoms with Crippen molar-refractivity contribution >= 4 is 17.7 Å². The highest BCUT2D eigenvalue weighted by molar-refractivity contribution is 7.98. The Labute approximate surface area is 125 Å². The number of hydrogen-bond acceptors (Lipinski definition) is 5. The molecule has 0 atom stereocenters. The maximum atomic E-state index is 5.20. The lowest BCUT2D eigenvalue weighted by molar-refractivity contribution is 0.368. The Morgan fingerprint density at radius 2 is 2.10 bits per heavy atom. The Morgan fingerprint density at radius 1 is 1.35 bits per heavy atom. The number of aliphatic imine (C=N–C) groups is 1. The molecule has 2 N–H and O–H groups in total. The van der Waals surface area contributed by atoms with Gasteiger partial charge < -0.3 is 15.2 Å². The van der Waals surface area contributed by atoms with Gasteiger partial charge >= 0.3 is 0 Å². The van der Waals surface area contributed by atoms with Gasteiger partial charge in [-0.15, -0.1) is 0 Å². The minimum atomic E-state index is 0.310. The molecule has 0 aliphatic heterocycles. The van der Waals surface area contributed by atoms with Crippen molar-refractivity contribution in [1.29, 1.82) is 0 Å². The molecule has 0 saturated heterocycles. The summed E-state index contributed by atoms with van der Waals surface area (Å²) in [7, 11) is 1.78. The molecular formula is C13H25N5OS. The molecule has 0 aliphatic rings. The second-order valence-corrected chi connectivity index (χ2v) is 5.71. The predicted molar refractivity (Wildman–Crippen MR) is 84.5 cm³/mol. The molecule has 0 aromatic carbocycles.